The number of aliphatic hydroxyl groups is 1. The summed E-state index contributed by atoms with van der Waals surface area (Å²) in [4.78, 5) is 16.5. The van der Waals surface area contributed by atoms with Gasteiger partial charge in [0.2, 0.25) is 0 Å². The van der Waals surface area contributed by atoms with Crippen LogP contribution < -0.4 is 0 Å². The minimum atomic E-state index is -0.309. The predicted molar refractivity (Wildman–Crippen MR) is 91.8 cm³/mol. The van der Waals surface area contributed by atoms with Crippen LogP contribution in [0.15, 0.2) is 48.5 Å². The van der Waals surface area contributed by atoms with Gasteiger partial charge in [0.05, 0.1) is 23.2 Å². The van der Waals surface area contributed by atoms with E-state index < -0.39 is 0 Å². The monoisotopic (exact) mass is 324 g/mol. The number of esters is 1. The molecule has 0 radical (unpaired) electrons. The normalized spacial score (nSPS) is 10.9. The predicted octanol–water partition coefficient (Wildman–Crippen LogP) is 3.14. The van der Waals surface area contributed by atoms with E-state index in [-0.39, 0.29) is 12.6 Å². The van der Waals surface area contributed by atoms with Crippen LogP contribution in [0.25, 0.3) is 11.0 Å². The maximum Gasteiger partial charge on any atom is 0.338 e. The Morgan fingerprint density at radius 1 is 1.21 bits per heavy atom. The Morgan fingerprint density at radius 2 is 2.04 bits per heavy atom. The lowest BCUT2D eigenvalue weighted by molar-refractivity contribution is 0.0505. The first kappa shape index (κ1) is 16.2. The second-order valence-corrected chi connectivity index (χ2v) is 5.60. The topological polar surface area (TPSA) is 64.3 Å². The summed E-state index contributed by atoms with van der Waals surface area (Å²) in [5.41, 5.74) is 3.30. The number of hydrogen-bond donors (Lipinski definition) is 1. The number of benzene rings is 2. The molecule has 0 saturated carbocycles. The molecule has 0 amide bonds. The summed E-state index contributed by atoms with van der Waals surface area (Å²) in [6.45, 7) is 2.78. The van der Waals surface area contributed by atoms with Gasteiger partial charge in [0.15, 0.2) is 0 Å². The van der Waals surface area contributed by atoms with Gasteiger partial charge in [-0.1, -0.05) is 31.2 Å². The number of carbonyl (C=O) groups excluding carboxylic acids is 1. The van der Waals surface area contributed by atoms with Crippen LogP contribution in [0.4, 0.5) is 0 Å². The molecule has 2 aromatic carbocycles. The van der Waals surface area contributed by atoms with E-state index in [2.05, 4.69) is 4.98 Å². The van der Waals surface area contributed by atoms with Gasteiger partial charge >= 0.3 is 5.97 Å². The van der Waals surface area contributed by atoms with Crippen molar-refractivity contribution in [2.45, 2.75) is 26.5 Å². The number of para-hydroxylation sites is 2. The fourth-order valence-corrected chi connectivity index (χ4v) is 2.68. The average molecular weight is 324 g/mol. The van der Waals surface area contributed by atoms with E-state index in [4.69, 9.17) is 4.74 Å². The second kappa shape index (κ2) is 7.27. The van der Waals surface area contributed by atoms with Crippen molar-refractivity contribution in [2.75, 3.05) is 6.61 Å². The van der Waals surface area contributed by atoms with E-state index in [9.17, 15) is 9.90 Å². The summed E-state index contributed by atoms with van der Waals surface area (Å²) in [5, 5.41) is 9.58. The van der Waals surface area contributed by atoms with E-state index in [1.807, 2.05) is 54.0 Å². The molecule has 0 atom stereocenters. The van der Waals surface area contributed by atoms with Crippen LogP contribution in [0.2, 0.25) is 0 Å². The zero-order chi connectivity index (χ0) is 16.9. The number of rotatable bonds is 6. The van der Waals surface area contributed by atoms with E-state index in [0.29, 0.717) is 24.5 Å². The zero-order valence-electron chi connectivity index (χ0n) is 13.6. The molecule has 1 heterocycles. The second-order valence-electron chi connectivity index (χ2n) is 5.60. The van der Waals surface area contributed by atoms with Gasteiger partial charge in [-0.15, -0.1) is 0 Å². The van der Waals surface area contributed by atoms with Crippen LogP contribution in [0, 0.1) is 0 Å². The number of aliphatic hydroxyl groups excluding tert-OH is 1. The Kier molecular flexibility index (Phi) is 4.91. The number of imidazole rings is 1. The molecule has 0 spiro atoms. The summed E-state index contributed by atoms with van der Waals surface area (Å²) in [7, 11) is 0. The third-order valence-corrected chi connectivity index (χ3v) is 3.82. The maximum atomic E-state index is 12.0. The molecule has 0 unspecified atom stereocenters. The molecule has 24 heavy (non-hydrogen) atoms. The summed E-state index contributed by atoms with van der Waals surface area (Å²) in [5.74, 6) is 0.298. The molecule has 0 bridgehead atoms. The van der Waals surface area contributed by atoms with Gasteiger partial charge in [0.1, 0.15) is 12.4 Å². The van der Waals surface area contributed by atoms with Crippen LogP contribution in [-0.2, 0) is 17.9 Å². The fraction of sp³-hybridized carbons (Fsp3) is 0.263. The number of fused-ring (bicyclic) bond motifs is 1. The Morgan fingerprint density at radius 3 is 2.83 bits per heavy atom. The van der Waals surface area contributed by atoms with Gasteiger partial charge in [-0.2, -0.15) is 0 Å². The molecule has 3 rings (SSSR count). The van der Waals surface area contributed by atoms with Crippen LogP contribution in [0.3, 0.4) is 0 Å². The standard InChI is InChI=1S/C19H20N2O3/c1-2-10-24-19(23)15-7-5-6-14(11-15)12-21-17-9-4-3-8-16(17)20-18(21)13-22/h3-9,11,22H,2,10,12-13H2,1H3. The van der Waals surface area contributed by atoms with Crippen molar-refractivity contribution in [1.29, 1.82) is 0 Å². The molecule has 0 saturated heterocycles. The first-order valence-electron chi connectivity index (χ1n) is 8.04. The number of nitrogens with zero attached hydrogens (tertiary/aromatic N) is 2. The smallest absolute Gasteiger partial charge is 0.338 e. The largest absolute Gasteiger partial charge is 0.462 e. The Bertz CT molecular complexity index is 855. The summed E-state index contributed by atoms with van der Waals surface area (Å²) in [6, 6.07) is 15.1. The van der Waals surface area contributed by atoms with Gasteiger partial charge in [-0.25, -0.2) is 9.78 Å². The Hall–Kier alpha value is -2.66. The van der Waals surface area contributed by atoms with Gasteiger partial charge < -0.3 is 14.4 Å². The third-order valence-electron chi connectivity index (χ3n) is 3.82. The van der Waals surface area contributed by atoms with Crippen molar-refractivity contribution in [3.8, 4) is 0 Å². The minimum Gasteiger partial charge on any atom is -0.462 e. The van der Waals surface area contributed by atoms with Crippen molar-refractivity contribution >= 4 is 17.0 Å². The van der Waals surface area contributed by atoms with Crippen LogP contribution in [-0.4, -0.2) is 27.2 Å². The van der Waals surface area contributed by atoms with Crippen molar-refractivity contribution in [2.24, 2.45) is 0 Å². The summed E-state index contributed by atoms with van der Waals surface area (Å²) in [6.07, 6.45) is 0.798. The molecule has 124 valence electrons. The van der Waals surface area contributed by atoms with Gasteiger partial charge in [0.25, 0.3) is 0 Å². The van der Waals surface area contributed by atoms with Gasteiger partial charge in [-0.05, 0) is 36.2 Å². The van der Waals surface area contributed by atoms with Crippen molar-refractivity contribution in [3.63, 3.8) is 0 Å². The number of carbonyl (C=O) groups is 1. The van der Waals surface area contributed by atoms with E-state index in [0.717, 1.165) is 23.0 Å². The lowest BCUT2D eigenvalue weighted by Crippen LogP contribution is -2.08. The minimum absolute atomic E-state index is 0.132. The van der Waals surface area contributed by atoms with E-state index in [1.54, 1.807) is 6.07 Å². The lowest BCUT2D eigenvalue weighted by atomic mass is 10.1. The quantitative estimate of drug-likeness (QED) is 0.708. The van der Waals surface area contributed by atoms with Crippen molar-refractivity contribution < 1.29 is 14.6 Å². The highest BCUT2D eigenvalue weighted by atomic mass is 16.5. The number of aromatic nitrogens is 2. The van der Waals surface area contributed by atoms with Crippen LogP contribution in [0.1, 0.15) is 35.1 Å². The molecule has 1 N–H and O–H groups in total. The first-order valence-corrected chi connectivity index (χ1v) is 8.04. The molecule has 0 fully saturated rings. The molecule has 0 aliphatic rings. The molecular weight excluding hydrogens is 304 g/mol. The molecule has 0 aliphatic heterocycles. The highest BCUT2D eigenvalue weighted by molar-refractivity contribution is 5.89. The van der Waals surface area contributed by atoms with Crippen molar-refractivity contribution in [1.82, 2.24) is 9.55 Å². The molecule has 0 aliphatic carbocycles. The maximum absolute atomic E-state index is 12.0. The van der Waals surface area contributed by atoms with E-state index >= 15 is 0 Å². The Labute approximate surface area is 140 Å². The lowest BCUT2D eigenvalue weighted by Gasteiger charge is -2.09. The van der Waals surface area contributed by atoms with Gasteiger partial charge in [-0.3, -0.25) is 0 Å². The molecule has 5 nitrogen and oxygen atoms in total. The number of ether oxygens (including phenoxy) is 1. The molecule has 3 aromatic rings. The fourth-order valence-electron chi connectivity index (χ4n) is 2.68. The highest BCUT2D eigenvalue weighted by Crippen LogP contribution is 2.18. The van der Waals surface area contributed by atoms with Crippen LogP contribution >= 0.6 is 0 Å². The molecular formula is C19H20N2O3. The van der Waals surface area contributed by atoms with Crippen LogP contribution in [0.5, 0.6) is 0 Å². The summed E-state index contributed by atoms with van der Waals surface area (Å²) >= 11 is 0. The number of hydrogen-bond acceptors (Lipinski definition) is 4. The molecule has 1 aromatic heterocycles. The Balaban J connectivity index is 1.90. The zero-order valence-corrected chi connectivity index (χ0v) is 13.6. The average Bonchev–Trinajstić information content (AvgIpc) is 2.97. The highest BCUT2D eigenvalue weighted by Gasteiger charge is 2.12. The first-order chi connectivity index (χ1) is 11.7. The van der Waals surface area contributed by atoms with Gasteiger partial charge in [0, 0.05) is 6.54 Å². The third kappa shape index (κ3) is 3.31. The van der Waals surface area contributed by atoms with Crippen molar-refractivity contribution in [3.05, 3.63) is 65.5 Å². The van der Waals surface area contributed by atoms with E-state index in [1.165, 1.54) is 0 Å². The molecule has 5 heteroatoms. The summed E-state index contributed by atoms with van der Waals surface area (Å²) < 4.78 is 7.15. The SMILES string of the molecule is CCCOC(=O)c1cccc(Cn2c(CO)nc3ccccc32)c1.